The summed E-state index contributed by atoms with van der Waals surface area (Å²) in [4.78, 5) is 12.3. The minimum atomic E-state index is -1.10. The lowest BCUT2D eigenvalue weighted by Crippen LogP contribution is -2.49. The highest BCUT2D eigenvalue weighted by Crippen LogP contribution is 2.19. The summed E-state index contributed by atoms with van der Waals surface area (Å²) in [6, 6.07) is 13.9. The van der Waals surface area contributed by atoms with Crippen molar-refractivity contribution in [2.45, 2.75) is 18.9 Å². The molecule has 1 amide bonds. The summed E-state index contributed by atoms with van der Waals surface area (Å²) in [5, 5.41) is 2.80. The van der Waals surface area contributed by atoms with Gasteiger partial charge >= 0.3 is 0 Å². The predicted octanol–water partition coefficient (Wildman–Crippen LogP) is 2.79. The third-order valence-corrected chi connectivity index (χ3v) is 3.76. The van der Waals surface area contributed by atoms with Gasteiger partial charge in [-0.05, 0) is 36.6 Å². The molecule has 130 valence electrons. The molecule has 0 aliphatic rings. The van der Waals surface area contributed by atoms with Gasteiger partial charge in [-0.25, -0.2) is 4.39 Å². The zero-order valence-corrected chi connectivity index (χ0v) is 14.5. The van der Waals surface area contributed by atoms with Crippen molar-refractivity contribution < 1.29 is 13.9 Å². The van der Waals surface area contributed by atoms with Crippen LogP contribution in [0.2, 0.25) is 0 Å². The van der Waals surface area contributed by atoms with E-state index in [9.17, 15) is 9.18 Å². The van der Waals surface area contributed by atoms with Gasteiger partial charge in [0, 0.05) is 6.54 Å². The van der Waals surface area contributed by atoms with Crippen LogP contribution in [0.15, 0.2) is 48.5 Å². The van der Waals surface area contributed by atoms with Crippen LogP contribution in [0.5, 0.6) is 5.75 Å². The van der Waals surface area contributed by atoms with Crippen LogP contribution in [0.1, 0.15) is 18.1 Å². The maximum atomic E-state index is 13.6. The number of nitrogens with two attached hydrogens (primary N) is 1. The number of amides is 1. The van der Waals surface area contributed by atoms with Crippen LogP contribution in [0.25, 0.3) is 0 Å². The number of benzene rings is 2. The molecule has 0 bridgehead atoms. The smallest absolute Gasteiger partial charge is 0.244 e. The average Bonchev–Trinajstić information content (AvgIpc) is 2.55. The number of ether oxygens (including phenoxy) is 1. The van der Waals surface area contributed by atoms with Gasteiger partial charge in [0.15, 0.2) is 11.6 Å². The van der Waals surface area contributed by atoms with Crippen molar-refractivity contribution in [1.29, 1.82) is 0 Å². The predicted molar refractivity (Wildman–Crippen MR) is 94.9 cm³/mol. The van der Waals surface area contributed by atoms with Crippen LogP contribution >= 0.6 is 12.4 Å². The lowest BCUT2D eigenvalue weighted by molar-refractivity contribution is -0.126. The number of nitrogens with one attached hydrogen (secondary N) is 1. The molecule has 2 aromatic carbocycles. The van der Waals surface area contributed by atoms with Gasteiger partial charge in [0.05, 0.1) is 7.11 Å². The van der Waals surface area contributed by atoms with E-state index in [0.717, 1.165) is 11.1 Å². The number of methoxy groups -OCH3 is 1. The van der Waals surface area contributed by atoms with E-state index in [4.69, 9.17) is 10.5 Å². The molecule has 0 radical (unpaired) electrons. The van der Waals surface area contributed by atoms with Gasteiger partial charge in [0.1, 0.15) is 5.54 Å². The molecule has 2 aromatic rings. The molecule has 0 aromatic heterocycles. The Balaban J connectivity index is 0.00000288. The number of rotatable bonds is 6. The van der Waals surface area contributed by atoms with Crippen molar-refractivity contribution in [3.05, 3.63) is 65.5 Å². The van der Waals surface area contributed by atoms with Crippen LogP contribution in [0, 0.1) is 5.82 Å². The molecule has 0 aliphatic heterocycles. The summed E-state index contributed by atoms with van der Waals surface area (Å²) in [6.07, 6.45) is 0.511. The van der Waals surface area contributed by atoms with Crippen LogP contribution in [0.3, 0.4) is 0 Å². The number of halogens is 2. The van der Waals surface area contributed by atoms with Crippen molar-refractivity contribution >= 4 is 18.3 Å². The summed E-state index contributed by atoms with van der Waals surface area (Å²) in [6.45, 7) is 2.05. The fraction of sp³-hybridized carbons (Fsp3) is 0.278. The number of hydrogen-bond acceptors (Lipinski definition) is 3. The van der Waals surface area contributed by atoms with Crippen molar-refractivity contribution in [3.63, 3.8) is 0 Å². The van der Waals surface area contributed by atoms with Crippen LogP contribution in [-0.4, -0.2) is 19.6 Å². The number of hydrogen-bond donors (Lipinski definition) is 2. The highest BCUT2D eigenvalue weighted by molar-refractivity contribution is 5.87. The lowest BCUT2D eigenvalue weighted by atomic mass is 9.92. The molecule has 3 N–H and O–H groups in total. The maximum Gasteiger partial charge on any atom is 0.244 e. The molecular weight excluding hydrogens is 331 g/mol. The van der Waals surface area contributed by atoms with Crippen molar-refractivity contribution in [1.82, 2.24) is 5.32 Å². The molecule has 2 rings (SSSR count). The first kappa shape index (κ1) is 19.9. The molecule has 0 fully saturated rings. The average molecular weight is 353 g/mol. The van der Waals surface area contributed by atoms with E-state index < -0.39 is 11.4 Å². The summed E-state index contributed by atoms with van der Waals surface area (Å²) in [5.74, 6) is -0.474. The Kier molecular flexibility index (Phi) is 7.19. The lowest BCUT2D eigenvalue weighted by Gasteiger charge is -2.24. The molecule has 0 spiro atoms. The van der Waals surface area contributed by atoms with E-state index in [1.165, 1.54) is 13.2 Å². The van der Waals surface area contributed by atoms with E-state index in [2.05, 4.69) is 5.32 Å². The Morgan fingerprint density at radius 1 is 1.25 bits per heavy atom. The number of carbonyl (C=O) groups is 1. The van der Waals surface area contributed by atoms with Gasteiger partial charge in [-0.3, -0.25) is 4.79 Å². The standard InChI is InChI=1S/C18H21FN2O2.ClH/c1-18(20,14-6-4-3-5-7-14)17(22)21-11-10-13-8-9-16(23-2)15(19)12-13;/h3-9,12H,10-11,20H2,1-2H3,(H,21,22);1H. The first-order valence-corrected chi connectivity index (χ1v) is 7.40. The fourth-order valence-corrected chi connectivity index (χ4v) is 2.28. The minimum Gasteiger partial charge on any atom is -0.494 e. The molecule has 4 nitrogen and oxygen atoms in total. The SMILES string of the molecule is COc1ccc(CCNC(=O)C(C)(N)c2ccccc2)cc1F.Cl. The van der Waals surface area contributed by atoms with Gasteiger partial charge in [-0.1, -0.05) is 36.4 Å². The normalized spacial score (nSPS) is 12.7. The third kappa shape index (κ3) is 4.69. The van der Waals surface area contributed by atoms with Crippen molar-refractivity contribution in [2.75, 3.05) is 13.7 Å². The summed E-state index contributed by atoms with van der Waals surface area (Å²) < 4.78 is 18.5. The summed E-state index contributed by atoms with van der Waals surface area (Å²) in [5.41, 5.74) is 6.55. The van der Waals surface area contributed by atoms with E-state index in [1.54, 1.807) is 19.1 Å². The molecule has 0 aliphatic carbocycles. The zero-order chi connectivity index (χ0) is 16.9. The first-order chi connectivity index (χ1) is 10.9. The molecule has 1 unspecified atom stereocenters. The summed E-state index contributed by atoms with van der Waals surface area (Å²) >= 11 is 0. The molecule has 0 heterocycles. The van der Waals surface area contributed by atoms with Gasteiger partial charge in [-0.2, -0.15) is 0 Å². The second-order valence-electron chi connectivity index (χ2n) is 5.54. The molecule has 1 atom stereocenters. The Morgan fingerprint density at radius 2 is 1.92 bits per heavy atom. The van der Waals surface area contributed by atoms with E-state index in [1.807, 2.05) is 30.3 Å². The number of carbonyl (C=O) groups excluding carboxylic acids is 1. The second kappa shape index (κ2) is 8.66. The minimum absolute atomic E-state index is 0. The van der Waals surface area contributed by atoms with E-state index >= 15 is 0 Å². The topological polar surface area (TPSA) is 64.3 Å². The Bertz CT molecular complexity index is 678. The molecule has 24 heavy (non-hydrogen) atoms. The van der Waals surface area contributed by atoms with Crippen LogP contribution in [-0.2, 0) is 16.8 Å². The monoisotopic (exact) mass is 352 g/mol. The largest absolute Gasteiger partial charge is 0.494 e. The summed E-state index contributed by atoms with van der Waals surface area (Å²) in [7, 11) is 1.42. The zero-order valence-electron chi connectivity index (χ0n) is 13.7. The highest BCUT2D eigenvalue weighted by Gasteiger charge is 2.29. The van der Waals surface area contributed by atoms with Crippen molar-refractivity contribution in [3.8, 4) is 5.75 Å². The first-order valence-electron chi connectivity index (χ1n) is 7.40. The van der Waals surface area contributed by atoms with E-state index in [-0.39, 0.29) is 24.1 Å². The molecular formula is C18H22ClFN2O2. The van der Waals surface area contributed by atoms with Crippen LogP contribution < -0.4 is 15.8 Å². The quantitative estimate of drug-likeness (QED) is 0.840. The third-order valence-electron chi connectivity index (χ3n) is 3.76. The van der Waals surface area contributed by atoms with Gasteiger partial charge < -0.3 is 15.8 Å². The molecule has 0 saturated carbocycles. The Labute approximate surface area is 147 Å². The van der Waals surface area contributed by atoms with Gasteiger partial charge in [0.2, 0.25) is 5.91 Å². The molecule has 0 saturated heterocycles. The molecule has 6 heteroatoms. The van der Waals surface area contributed by atoms with Gasteiger partial charge in [-0.15, -0.1) is 12.4 Å². The van der Waals surface area contributed by atoms with Crippen LogP contribution in [0.4, 0.5) is 4.39 Å². The second-order valence-corrected chi connectivity index (χ2v) is 5.54. The highest BCUT2D eigenvalue weighted by atomic mass is 35.5. The Morgan fingerprint density at radius 3 is 2.50 bits per heavy atom. The van der Waals surface area contributed by atoms with E-state index in [0.29, 0.717) is 13.0 Å². The maximum absolute atomic E-state index is 13.6. The Hall–Kier alpha value is -2.11. The fourth-order valence-electron chi connectivity index (χ4n) is 2.28. The van der Waals surface area contributed by atoms with Gasteiger partial charge in [0.25, 0.3) is 0 Å². The van der Waals surface area contributed by atoms with Crippen molar-refractivity contribution in [2.24, 2.45) is 5.73 Å².